The van der Waals surface area contributed by atoms with Gasteiger partial charge in [0.1, 0.15) is 0 Å². The quantitative estimate of drug-likeness (QED) is 0.358. The molecule has 2 aliphatic heterocycles. The summed E-state index contributed by atoms with van der Waals surface area (Å²) in [5.74, 6) is 0.447. The van der Waals surface area contributed by atoms with Crippen LogP contribution in [0.1, 0.15) is 45.1 Å². The molecule has 2 atom stereocenters. The average Bonchev–Trinajstić information content (AvgIpc) is 3.59. The first-order valence-corrected chi connectivity index (χ1v) is 12.3. The van der Waals surface area contributed by atoms with E-state index in [0.29, 0.717) is 16.6 Å². The number of rotatable bonds is 5. The van der Waals surface area contributed by atoms with Gasteiger partial charge < -0.3 is 29.4 Å². The topological polar surface area (TPSA) is 88.9 Å². The smallest absolute Gasteiger partial charge is 0.335 e. The van der Waals surface area contributed by atoms with Crippen molar-refractivity contribution >= 4 is 29.0 Å². The SMILES string of the molecule is Cc1cc(C2C(c3ccccn3)NC(=S)N2c2ccc3c(c2)OCO3)c(C)n1-c1ccc(C(=O)O)cc1. The minimum absolute atomic E-state index is 0.192. The summed E-state index contributed by atoms with van der Waals surface area (Å²) < 4.78 is 13.3. The van der Waals surface area contributed by atoms with Crippen molar-refractivity contribution in [2.75, 3.05) is 11.7 Å². The maximum Gasteiger partial charge on any atom is 0.335 e. The molecule has 37 heavy (non-hydrogen) atoms. The van der Waals surface area contributed by atoms with Crippen LogP contribution < -0.4 is 19.7 Å². The van der Waals surface area contributed by atoms with Crippen LogP contribution in [0.25, 0.3) is 5.69 Å². The number of carboxylic acids is 1. The second kappa shape index (κ2) is 8.94. The fourth-order valence-corrected chi connectivity index (χ4v) is 5.57. The van der Waals surface area contributed by atoms with E-state index in [0.717, 1.165) is 34.0 Å². The number of carbonyl (C=O) groups is 1. The van der Waals surface area contributed by atoms with Gasteiger partial charge in [-0.2, -0.15) is 0 Å². The summed E-state index contributed by atoms with van der Waals surface area (Å²) >= 11 is 5.87. The summed E-state index contributed by atoms with van der Waals surface area (Å²) in [6.45, 7) is 4.31. The molecule has 6 rings (SSSR count). The van der Waals surface area contributed by atoms with E-state index in [1.54, 1.807) is 18.3 Å². The highest BCUT2D eigenvalue weighted by molar-refractivity contribution is 7.80. The number of benzene rings is 2. The third-order valence-electron chi connectivity index (χ3n) is 6.89. The van der Waals surface area contributed by atoms with Gasteiger partial charge in [0.05, 0.1) is 23.3 Å². The van der Waals surface area contributed by atoms with Crippen LogP contribution in [-0.4, -0.2) is 32.5 Å². The first-order chi connectivity index (χ1) is 17.9. The van der Waals surface area contributed by atoms with Crippen molar-refractivity contribution in [3.8, 4) is 17.2 Å². The maximum atomic E-state index is 11.3. The van der Waals surface area contributed by atoms with E-state index in [9.17, 15) is 9.90 Å². The number of thiocarbonyl (C=S) groups is 1. The Balaban J connectivity index is 1.48. The summed E-state index contributed by atoms with van der Waals surface area (Å²) in [6.07, 6.45) is 1.79. The van der Waals surface area contributed by atoms with E-state index in [4.69, 9.17) is 21.7 Å². The first kappa shape index (κ1) is 23.1. The lowest BCUT2D eigenvalue weighted by Crippen LogP contribution is -2.29. The van der Waals surface area contributed by atoms with Crippen LogP contribution in [0, 0.1) is 13.8 Å². The molecule has 2 unspecified atom stereocenters. The van der Waals surface area contributed by atoms with Gasteiger partial charge in [0.25, 0.3) is 0 Å². The summed E-state index contributed by atoms with van der Waals surface area (Å²) in [5, 5.41) is 13.4. The Morgan fingerprint density at radius 1 is 1.03 bits per heavy atom. The fourth-order valence-electron chi connectivity index (χ4n) is 5.22. The van der Waals surface area contributed by atoms with Gasteiger partial charge in [0, 0.05) is 35.0 Å². The zero-order valence-electron chi connectivity index (χ0n) is 20.2. The van der Waals surface area contributed by atoms with E-state index >= 15 is 0 Å². The Hall–Kier alpha value is -4.37. The predicted octanol–water partition coefficient (Wildman–Crippen LogP) is 5.09. The summed E-state index contributed by atoms with van der Waals surface area (Å²) in [5.41, 5.74) is 6.06. The first-order valence-electron chi connectivity index (χ1n) is 11.9. The van der Waals surface area contributed by atoms with Crippen molar-refractivity contribution < 1.29 is 19.4 Å². The van der Waals surface area contributed by atoms with E-state index in [1.807, 2.05) is 55.5 Å². The van der Waals surface area contributed by atoms with E-state index < -0.39 is 5.97 Å². The fraction of sp³-hybridized carbons (Fsp3) is 0.179. The normalized spacial score (nSPS) is 18.2. The van der Waals surface area contributed by atoms with Crippen LogP contribution >= 0.6 is 12.2 Å². The average molecular weight is 513 g/mol. The number of hydrogen-bond donors (Lipinski definition) is 2. The molecule has 0 radical (unpaired) electrons. The predicted molar refractivity (Wildman–Crippen MR) is 143 cm³/mol. The molecule has 2 aromatic heterocycles. The van der Waals surface area contributed by atoms with Crippen LogP contribution in [0.2, 0.25) is 0 Å². The number of aryl methyl sites for hydroxylation is 1. The minimum atomic E-state index is -0.948. The molecule has 1 fully saturated rings. The lowest BCUT2D eigenvalue weighted by Gasteiger charge is -2.28. The molecule has 0 spiro atoms. The van der Waals surface area contributed by atoms with E-state index in [2.05, 4.69) is 32.8 Å². The van der Waals surface area contributed by atoms with Crippen LogP contribution in [0.15, 0.2) is 72.9 Å². The van der Waals surface area contributed by atoms with Gasteiger partial charge in [-0.3, -0.25) is 4.98 Å². The highest BCUT2D eigenvalue weighted by atomic mass is 32.1. The van der Waals surface area contributed by atoms with E-state index in [-0.39, 0.29) is 24.4 Å². The largest absolute Gasteiger partial charge is 0.478 e. The van der Waals surface area contributed by atoms with Crippen molar-refractivity contribution in [3.63, 3.8) is 0 Å². The van der Waals surface area contributed by atoms with Crippen molar-refractivity contribution in [2.45, 2.75) is 25.9 Å². The number of nitrogens with one attached hydrogen (secondary N) is 1. The van der Waals surface area contributed by atoms with Gasteiger partial charge in [-0.25, -0.2) is 4.79 Å². The second-order valence-corrected chi connectivity index (χ2v) is 9.43. The van der Waals surface area contributed by atoms with Gasteiger partial charge in [-0.05, 0) is 86.2 Å². The maximum absolute atomic E-state index is 11.3. The van der Waals surface area contributed by atoms with Crippen molar-refractivity contribution in [1.29, 1.82) is 0 Å². The molecule has 0 bridgehead atoms. The number of aromatic nitrogens is 2. The van der Waals surface area contributed by atoms with Crippen LogP contribution in [0.5, 0.6) is 11.5 Å². The zero-order valence-corrected chi connectivity index (χ0v) is 21.0. The Labute approximate surface area is 219 Å². The number of nitrogens with zero attached hydrogens (tertiary/aromatic N) is 3. The molecule has 4 aromatic rings. The molecular formula is C28H24N4O4S. The van der Waals surface area contributed by atoms with Gasteiger partial charge in [-0.15, -0.1) is 0 Å². The molecular weight excluding hydrogens is 488 g/mol. The number of carboxylic acid groups (broad SMARTS) is 1. The number of aromatic carboxylic acids is 1. The van der Waals surface area contributed by atoms with Crippen molar-refractivity contribution in [2.24, 2.45) is 0 Å². The highest BCUT2D eigenvalue weighted by Gasteiger charge is 2.42. The standard InChI is InChI=1S/C28H24N4O4S/c1-16-13-21(17(2)31(16)19-8-6-18(7-9-19)27(33)34)26-25(22-5-3-4-12-29-22)30-28(37)32(26)20-10-11-23-24(14-20)36-15-35-23/h3-14,25-26H,15H2,1-2H3,(H,30,37)(H,33,34). The Bertz CT molecular complexity index is 1520. The van der Waals surface area contributed by atoms with Crippen LogP contribution in [-0.2, 0) is 0 Å². The summed E-state index contributed by atoms with van der Waals surface area (Å²) in [7, 11) is 0. The molecule has 0 aliphatic carbocycles. The number of pyridine rings is 1. The van der Waals surface area contributed by atoms with Crippen LogP contribution in [0.3, 0.4) is 0 Å². The molecule has 8 nitrogen and oxygen atoms in total. The third kappa shape index (κ3) is 3.88. The number of anilines is 1. The molecule has 0 saturated carbocycles. The third-order valence-corrected chi connectivity index (χ3v) is 7.21. The Morgan fingerprint density at radius 2 is 1.78 bits per heavy atom. The van der Waals surface area contributed by atoms with Gasteiger partial charge >= 0.3 is 5.97 Å². The van der Waals surface area contributed by atoms with E-state index in [1.165, 1.54) is 0 Å². The zero-order chi connectivity index (χ0) is 25.7. The van der Waals surface area contributed by atoms with Gasteiger partial charge in [0.15, 0.2) is 16.6 Å². The Kier molecular flexibility index (Phi) is 5.57. The molecule has 186 valence electrons. The molecule has 1 saturated heterocycles. The summed E-state index contributed by atoms with van der Waals surface area (Å²) in [6, 6.07) is 20.4. The highest BCUT2D eigenvalue weighted by Crippen LogP contribution is 2.46. The summed E-state index contributed by atoms with van der Waals surface area (Å²) in [4.78, 5) is 18.1. The number of ether oxygens (including phenoxy) is 2. The minimum Gasteiger partial charge on any atom is -0.478 e. The second-order valence-electron chi connectivity index (χ2n) is 9.05. The van der Waals surface area contributed by atoms with Crippen molar-refractivity contribution in [3.05, 3.63) is 101 Å². The van der Waals surface area contributed by atoms with Gasteiger partial charge in [0.2, 0.25) is 6.79 Å². The lowest BCUT2D eigenvalue weighted by atomic mass is 9.96. The molecule has 4 heterocycles. The molecule has 9 heteroatoms. The Morgan fingerprint density at radius 3 is 2.51 bits per heavy atom. The number of hydrogen-bond acceptors (Lipinski definition) is 5. The van der Waals surface area contributed by atoms with Crippen LogP contribution in [0.4, 0.5) is 5.69 Å². The van der Waals surface area contributed by atoms with Gasteiger partial charge in [-0.1, -0.05) is 6.07 Å². The molecule has 2 aliphatic rings. The molecule has 0 amide bonds. The number of fused-ring (bicyclic) bond motifs is 1. The monoisotopic (exact) mass is 512 g/mol. The molecule has 2 N–H and O–H groups in total. The van der Waals surface area contributed by atoms with Crippen molar-refractivity contribution in [1.82, 2.24) is 14.9 Å². The lowest BCUT2D eigenvalue weighted by molar-refractivity contribution is 0.0697. The molecule has 2 aromatic carbocycles.